The monoisotopic (exact) mass is 716 g/mol. The van der Waals surface area contributed by atoms with Gasteiger partial charge in [-0.1, -0.05) is 37.2 Å². The topological polar surface area (TPSA) is 185 Å². The Hall–Kier alpha value is -5.91. The van der Waals surface area contributed by atoms with Gasteiger partial charge in [0, 0.05) is 30.3 Å². The van der Waals surface area contributed by atoms with Gasteiger partial charge in [0.1, 0.15) is 5.82 Å². The number of amides is 2. The summed E-state index contributed by atoms with van der Waals surface area (Å²) in [5.74, 6) is -8.07. The molecule has 4 aromatic carbocycles. The first-order chi connectivity index (χ1) is 22.2. The smallest absolute Gasteiger partial charge is 0.416 e. The van der Waals surface area contributed by atoms with Gasteiger partial charge in [0.05, 0.1) is 37.2 Å². The number of hydrogen-bond donors (Lipinski definition) is 4. The number of aromatic hydroxyl groups is 2. The van der Waals surface area contributed by atoms with Gasteiger partial charge in [0.2, 0.25) is 11.5 Å². The summed E-state index contributed by atoms with van der Waals surface area (Å²) >= 11 is 5.87. The molecular formula is C30H23ClF6N4O8. The Bertz CT molecular complexity index is 1920. The minimum absolute atomic E-state index is 0. The summed E-state index contributed by atoms with van der Waals surface area (Å²) in [6, 6.07) is 11.2. The Kier molecular flexibility index (Phi) is 12.3. The van der Waals surface area contributed by atoms with E-state index in [0.29, 0.717) is 19.1 Å². The highest BCUT2D eigenvalue weighted by Gasteiger charge is 2.32. The number of rotatable bonds is 7. The van der Waals surface area contributed by atoms with Crippen LogP contribution in [0.15, 0.2) is 72.8 Å². The van der Waals surface area contributed by atoms with Crippen LogP contribution in [-0.4, -0.2) is 31.9 Å². The molecule has 0 aliphatic rings. The number of phenols is 2. The second-order valence-corrected chi connectivity index (χ2v) is 9.99. The van der Waals surface area contributed by atoms with Crippen molar-refractivity contribution >= 4 is 46.2 Å². The molecule has 0 spiro atoms. The van der Waals surface area contributed by atoms with Crippen LogP contribution in [0.1, 0.15) is 46.2 Å². The number of nitro groups is 2. The SMILES string of the molecule is C.CC(F)(F)c1ccc(NC(=O)c2cccc([N+](=O)[O-])c2O)c(Cl)c1.O=C(Nc1cc(F)cc(C(F)(F)F)c1)c1cccc([N+](=O)[O-])c1O. The van der Waals surface area contributed by atoms with Gasteiger partial charge in [-0.25, -0.2) is 13.2 Å². The quantitative estimate of drug-likeness (QED) is 0.0831. The van der Waals surface area contributed by atoms with Crippen molar-refractivity contribution in [1.82, 2.24) is 0 Å². The van der Waals surface area contributed by atoms with Crippen LogP contribution in [0.3, 0.4) is 0 Å². The summed E-state index contributed by atoms with van der Waals surface area (Å²) in [6.45, 7) is 0.706. The van der Waals surface area contributed by atoms with E-state index < -0.39 is 79.3 Å². The van der Waals surface area contributed by atoms with Crippen LogP contribution >= 0.6 is 11.6 Å². The second-order valence-electron chi connectivity index (χ2n) is 9.58. The van der Waals surface area contributed by atoms with Gasteiger partial charge in [0.25, 0.3) is 17.7 Å². The number of nitro benzene ring substituents is 2. The lowest BCUT2D eigenvalue weighted by molar-refractivity contribution is -0.386. The fraction of sp³-hybridized carbons (Fsp3) is 0.133. The lowest BCUT2D eigenvalue weighted by atomic mass is 10.1. The van der Waals surface area contributed by atoms with Crippen LogP contribution in [-0.2, 0) is 12.1 Å². The van der Waals surface area contributed by atoms with Crippen molar-refractivity contribution in [1.29, 1.82) is 0 Å². The van der Waals surface area contributed by atoms with Gasteiger partial charge in [-0.15, -0.1) is 0 Å². The molecule has 49 heavy (non-hydrogen) atoms. The molecule has 0 aliphatic carbocycles. The molecule has 0 atom stereocenters. The number of alkyl halides is 5. The number of anilines is 2. The zero-order chi connectivity index (χ0) is 36.1. The molecule has 0 unspecified atom stereocenters. The van der Waals surface area contributed by atoms with E-state index in [2.05, 4.69) is 5.32 Å². The van der Waals surface area contributed by atoms with E-state index >= 15 is 0 Å². The summed E-state index contributed by atoms with van der Waals surface area (Å²) in [4.78, 5) is 43.8. The van der Waals surface area contributed by atoms with E-state index in [1.807, 2.05) is 5.32 Å². The number of carbonyl (C=O) groups is 2. The molecule has 0 radical (unpaired) electrons. The Morgan fingerprint density at radius 2 is 1.24 bits per heavy atom. The lowest BCUT2D eigenvalue weighted by Crippen LogP contribution is -2.14. The van der Waals surface area contributed by atoms with Crippen molar-refractivity contribution in [2.75, 3.05) is 10.6 Å². The van der Waals surface area contributed by atoms with E-state index in [1.165, 1.54) is 18.2 Å². The molecule has 4 N–H and O–H groups in total. The van der Waals surface area contributed by atoms with Gasteiger partial charge in [-0.05, 0) is 42.5 Å². The van der Waals surface area contributed by atoms with Crippen molar-refractivity contribution in [2.24, 2.45) is 0 Å². The van der Waals surface area contributed by atoms with Gasteiger partial charge < -0.3 is 20.8 Å². The first-order valence-corrected chi connectivity index (χ1v) is 13.2. The van der Waals surface area contributed by atoms with E-state index in [9.17, 15) is 66.4 Å². The molecule has 0 saturated carbocycles. The zero-order valence-electron chi connectivity index (χ0n) is 23.8. The predicted octanol–water partition coefficient (Wildman–Crippen LogP) is 8.66. The molecule has 0 heterocycles. The molecule has 19 heteroatoms. The molecule has 0 bridgehead atoms. The Morgan fingerprint density at radius 3 is 1.67 bits per heavy atom. The number of benzene rings is 4. The van der Waals surface area contributed by atoms with Crippen LogP contribution in [0, 0.1) is 26.0 Å². The van der Waals surface area contributed by atoms with Gasteiger partial charge in [0.15, 0.2) is 0 Å². The number of hydrogen-bond acceptors (Lipinski definition) is 8. The maximum atomic E-state index is 13.3. The molecule has 0 aliphatic heterocycles. The average Bonchev–Trinajstić information content (AvgIpc) is 2.97. The average molecular weight is 717 g/mol. The van der Waals surface area contributed by atoms with E-state index in [0.717, 1.165) is 36.4 Å². The number of para-hydroxylation sites is 2. The fourth-order valence-electron chi connectivity index (χ4n) is 3.83. The molecule has 2 amide bonds. The third kappa shape index (κ3) is 9.80. The summed E-state index contributed by atoms with van der Waals surface area (Å²) < 4.78 is 77.6. The third-order valence-electron chi connectivity index (χ3n) is 6.12. The molecule has 4 rings (SSSR count). The highest BCUT2D eigenvalue weighted by atomic mass is 35.5. The predicted molar refractivity (Wildman–Crippen MR) is 165 cm³/mol. The molecule has 12 nitrogen and oxygen atoms in total. The number of phenolic OH excluding ortho intramolecular Hbond substituents is 2. The minimum Gasteiger partial charge on any atom is -0.502 e. The second kappa shape index (κ2) is 15.3. The summed E-state index contributed by atoms with van der Waals surface area (Å²) in [7, 11) is 0. The number of carbonyl (C=O) groups excluding carboxylic acids is 2. The maximum absolute atomic E-state index is 13.3. The van der Waals surface area contributed by atoms with E-state index in [4.69, 9.17) is 11.6 Å². The Balaban J connectivity index is 0.000000333. The highest BCUT2D eigenvalue weighted by molar-refractivity contribution is 6.34. The minimum atomic E-state index is -4.82. The standard InChI is InChI=1S/C15H11ClF2N2O4.C14H8F4N2O4.CH4/c1-15(17,18)8-5-6-11(10(16)7-8)19-14(22)9-3-2-4-12(13(9)21)20(23)24;15-8-4-7(14(16,17)18)5-9(6-8)19-13(22)10-2-1-3-11(12(10)21)20(23)24;/h2-7,21H,1H3,(H,19,22);1-6,21H,(H,19,22);1H4. The molecule has 0 fully saturated rings. The highest BCUT2D eigenvalue weighted by Crippen LogP contribution is 2.35. The number of nitrogens with one attached hydrogen (secondary N) is 2. The van der Waals surface area contributed by atoms with Crippen LogP contribution in [0.25, 0.3) is 0 Å². The van der Waals surface area contributed by atoms with Crippen LogP contribution in [0.2, 0.25) is 5.02 Å². The number of halogens is 7. The normalized spacial score (nSPS) is 10.9. The molecule has 0 saturated heterocycles. The zero-order valence-corrected chi connectivity index (χ0v) is 24.6. The Labute approximate surface area is 276 Å². The fourth-order valence-corrected chi connectivity index (χ4v) is 4.05. The van der Waals surface area contributed by atoms with Gasteiger partial charge >= 0.3 is 17.6 Å². The van der Waals surface area contributed by atoms with Crippen LogP contribution in [0.5, 0.6) is 11.5 Å². The molecule has 4 aromatic rings. The number of nitrogens with zero attached hydrogens (tertiary/aromatic N) is 2. The van der Waals surface area contributed by atoms with Gasteiger partial charge in [-0.3, -0.25) is 29.8 Å². The van der Waals surface area contributed by atoms with Crippen molar-refractivity contribution in [3.05, 3.63) is 126 Å². The van der Waals surface area contributed by atoms with Gasteiger partial charge in [-0.2, -0.15) is 13.2 Å². The maximum Gasteiger partial charge on any atom is 0.416 e. The van der Waals surface area contributed by atoms with Crippen LogP contribution in [0.4, 0.5) is 49.1 Å². The largest absolute Gasteiger partial charge is 0.502 e. The first-order valence-electron chi connectivity index (χ1n) is 12.8. The first kappa shape index (κ1) is 39.3. The van der Waals surface area contributed by atoms with Crippen molar-refractivity contribution in [3.8, 4) is 11.5 Å². The van der Waals surface area contributed by atoms with E-state index in [-0.39, 0.29) is 35.3 Å². The van der Waals surface area contributed by atoms with Crippen molar-refractivity contribution in [3.63, 3.8) is 0 Å². The summed E-state index contributed by atoms with van der Waals surface area (Å²) in [6.07, 6.45) is -4.82. The molecular weight excluding hydrogens is 694 g/mol. The van der Waals surface area contributed by atoms with Crippen LogP contribution < -0.4 is 10.6 Å². The third-order valence-corrected chi connectivity index (χ3v) is 6.43. The van der Waals surface area contributed by atoms with Crippen molar-refractivity contribution in [2.45, 2.75) is 26.4 Å². The molecule has 0 aromatic heterocycles. The lowest BCUT2D eigenvalue weighted by Gasteiger charge is -2.13. The summed E-state index contributed by atoms with van der Waals surface area (Å²) in [5, 5.41) is 45.1. The Morgan fingerprint density at radius 1 is 0.755 bits per heavy atom. The molecule has 260 valence electrons. The van der Waals surface area contributed by atoms with E-state index in [1.54, 1.807) is 0 Å². The van der Waals surface area contributed by atoms with Crippen molar-refractivity contribution < 1.29 is 56.0 Å². The summed E-state index contributed by atoms with van der Waals surface area (Å²) in [5.41, 5.74) is -4.40.